The first-order valence-electron chi connectivity index (χ1n) is 9.05. The third-order valence-corrected chi connectivity index (χ3v) is 5.04. The molecule has 3 nitrogen and oxygen atoms in total. The lowest BCUT2D eigenvalue weighted by atomic mass is 9.86. The summed E-state index contributed by atoms with van der Waals surface area (Å²) in [5.41, 5.74) is 0. The molecular formula is C18H34O3. The van der Waals surface area contributed by atoms with Crippen LogP contribution in [0, 0.1) is 11.8 Å². The summed E-state index contributed by atoms with van der Waals surface area (Å²) in [7, 11) is 0. The Hall–Kier alpha value is -0.570. The van der Waals surface area contributed by atoms with Crippen LogP contribution in [0.3, 0.4) is 0 Å². The molecule has 1 unspecified atom stereocenters. The Kier molecular flexibility index (Phi) is 9.73. The summed E-state index contributed by atoms with van der Waals surface area (Å²) in [5.74, 6) is 0.551. The maximum Gasteiger partial charge on any atom is 0.303 e. The number of aliphatic hydroxyl groups excluding tert-OH is 1. The van der Waals surface area contributed by atoms with E-state index < -0.39 is 5.97 Å². The zero-order valence-electron chi connectivity index (χ0n) is 13.7. The fourth-order valence-electron chi connectivity index (χ4n) is 3.76. The highest BCUT2D eigenvalue weighted by molar-refractivity contribution is 5.66. The highest BCUT2D eigenvalue weighted by Crippen LogP contribution is 2.38. The van der Waals surface area contributed by atoms with E-state index in [0.29, 0.717) is 12.3 Å². The quantitative estimate of drug-likeness (QED) is 0.510. The molecule has 0 amide bonds. The number of hydrogen-bond acceptors (Lipinski definition) is 2. The number of rotatable bonds is 12. The van der Waals surface area contributed by atoms with Crippen molar-refractivity contribution < 1.29 is 15.0 Å². The van der Waals surface area contributed by atoms with Gasteiger partial charge in [-0.15, -0.1) is 0 Å². The predicted octanol–water partition coefficient (Wildman–Crippen LogP) is 4.77. The molecule has 1 saturated carbocycles. The molecule has 3 heteroatoms. The molecule has 21 heavy (non-hydrogen) atoms. The third kappa shape index (κ3) is 7.85. The Bertz CT molecular complexity index is 278. The minimum atomic E-state index is -0.687. The van der Waals surface area contributed by atoms with Crippen LogP contribution in [-0.4, -0.2) is 22.3 Å². The van der Waals surface area contributed by atoms with Crippen molar-refractivity contribution in [3.8, 4) is 0 Å². The fraction of sp³-hybridized carbons (Fsp3) is 0.944. The lowest BCUT2D eigenvalue weighted by Gasteiger charge is -2.22. The molecule has 1 fully saturated rings. The van der Waals surface area contributed by atoms with Crippen molar-refractivity contribution in [2.24, 2.45) is 11.8 Å². The topological polar surface area (TPSA) is 57.5 Å². The van der Waals surface area contributed by atoms with Crippen LogP contribution in [0.1, 0.15) is 90.4 Å². The second kappa shape index (κ2) is 11.1. The number of unbranched alkanes of at least 4 members (excludes halogenated alkanes) is 6. The third-order valence-electron chi connectivity index (χ3n) is 5.04. The van der Waals surface area contributed by atoms with Gasteiger partial charge >= 0.3 is 5.97 Å². The second-order valence-corrected chi connectivity index (χ2v) is 6.76. The van der Waals surface area contributed by atoms with Crippen molar-refractivity contribution in [3.05, 3.63) is 0 Å². The lowest BCUT2D eigenvalue weighted by Crippen LogP contribution is -2.19. The van der Waals surface area contributed by atoms with Crippen LogP contribution in [0.5, 0.6) is 0 Å². The molecule has 0 aromatic carbocycles. The van der Waals surface area contributed by atoms with Gasteiger partial charge in [-0.2, -0.15) is 0 Å². The number of carboxylic acids is 1. The minimum absolute atomic E-state index is 0.0832. The van der Waals surface area contributed by atoms with E-state index in [2.05, 4.69) is 6.92 Å². The van der Waals surface area contributed by atoms with Crippen LogP contribution < -0.4 is 0 Å². The zero-order chi connectivity index (χ0) is 15.5. The van der Waals surface area contributed by atoms with Crippen LogP contribution in [0.25, 0.3) is 0 Å². The van der Waals surface area contributed by atoms with Crippen molar-refractivity contribution in [2.75, 3.05) is 0 Å². The highest BCUT2D eigenvalue weighted by Gasteiger charge is 2.33. The van der Waals surface area contributed by atoms with Crippen molar-refractivity contribution in [1.82, 2.24) is 0 Å². The van der Waals surface area contributed by atoms with E-state index in [-0.39, 0.29) is 6.10 Å². The van der Waals surface area contributed by atoms with Crippen molar-refractivity contribution >= 4 is 5.97 Å². The van der Waals surface area contributed by atoms with Gasteiger partial charge in [-0.25, -0.2) is 0 Å². The first kappa shape index (κ1) is 18.5. The average molecular weight is 298 g/mol. The largest absolute Gasteiger partial charge is 0.481 e. The summed E-state index contributed by atoms with van der Waals surface area (Å²) in [4.78, 5) is 10.4. The van der Waals surface area contributed by atoms with Crippen molar-refractivity contribution in [1.29, 1.82) is 0 Å². The standard InChI is InChI=1S/C18H34O3/c1-2-3-4-7-10-15-13-14-17(19)16(15)11-8-5-6-9-12-18(20)21/h15-17,19H,2-14H2,1H3,(H,20,21)/t15-,16+,17?/m0/s1. The van der Waals surface area contributed by atoms with Gasteiger partial charge in [-0.05, 0) is 37.5 Å². The molecule has 0 spiro atoms. The molecule has 1 aliphatic rings. The smallest absolute Gasteiger partial charge is 0.303 e. The molecule has 1 rings (SSSR count). The van der Waals surface area contributed by atoms with Gasteiger partial charge in [0.1, 0.15) is 0 Å². The molecule has 0 saturated heterocycles. The molecule has 0 radical (unpaired) electrons. The number of carbonyl (C=O) groups is 1. The minimum Gasteiger partial charge on any atom is -0.481 e. The summed E-state index contributed by atoms with van der Waals surface area (Å²) in [6, 6.07) is 0. The Morgan fingerprint density at radius 1 is 0.952 bits per heavy atom. The highest BCUT2D eigenvalue weighted by atomic mass is 16.4. The summed E-state index contributed by atoms with van der Waals surface area (Å²) in [6.07, 6.45) is 14.2. The van der Waals surface area contributed by atoms with Gasteiger partial charge in [0.05, 0.1) is 6.10 Å². The molecule has 1 aliphatic carbocycles. The lowest BCUT2D eigenvalue weighted by molar-refractivity contribution is -0.137. The number of hydrogen-bond donors (Lipinski definition) is 2. The van der Waals surface area contributed by atoms with E-state index in [1.807, 2.05) is 0 Å². The Morgan fingerprint density at radius 2 is 1.62 bits per heavy atom. The van der Waals surface area contributed by atoms with Crippen LogP contribution >= 0.6 is 0 Å². The molecule has 0 bridgehead atoms. The fourth-order valence-corrected chi connectivity index (χ4v) is 3.76. The van der Waals surface area contributed by atoms with E-state index in [1.165, 1.54) is 38.5 Å². The molecule has 0 aliphatic heterocycles. The summed E-state index contributed by atoms with van der Waals surface area (Å²) in [5, 5.41) is 18.8. The molecule has 124 valence electrons. The first-order chi connectivity index (χ1) is 10.1. The normalized spacial score (nSPS) is 25.3. The van der Waals surface area contributed by atoms with Gasteiger partial charge in [0, 0.05) is 6.42 Å². The van der Waals surface area contributed by atoms with E-state index >= 15 is 0 Å². The summed E-state index contributed by atoms with van der Waals surface area (Å²) in [6.45, 7) is 2.24. The second-order valence-electron chi connectivity index (χ2n) is 6.76. The van der Waals surface area contributed by atoms with Gasteiger partial charge in [0.15, 0.2) is 0 Å². The molecular weight excluding hydrogens is 264 g/mol. The van der Waals surface area contributed by atoms with E-state index in [9.17, 15) is 9.90 Å². The van der Waals surface area contributed by atoms with E-state index in [4.69, 9.17) is 5.11 Å². The molecule has 3 atom stereocenters. The van der Waals surface area contributed by atoms with E-state index in [0.717, 1.165) is 44.4 Å². The van der Waals surface area contributed by atoms with Crippen LogP contribution in [0.15, 0.2) is 0 Å². The van der Waals surface area contributed by atoms with Gasteiger partial charge in [0.25, 0.3) is 0 Å². The zero-order valence-corrected chi connectivity index (χ0v) is 13.7. The average Bonchev–Trinajstić information content (AvgIpc) is 2.79. The number of carboxylic acid groups (broad SMARTS) is 1. The summed E-state index contributed by atoms with van der Waals surface area (Å²) < 4.78 is 0. The Labute approximate surface area is 130 Å². The van der Waals surface area contributed by atoms with Crippen LogP contribution in [0.2, 0.25) is 0 Å². The molecule has 0 aromatic heterocycles. The maximum atomic E-state index is 10.4. The molecule has 2 N–H and O–H groups in total. The summed E-state index contributed by atoms with van der Waals surface area (Å²) >= 11 is 0. The Balaban J connectivity index is 2.13. The van der Waals surface area contributed by atoms with Gasteiger partial charge < -0.3 is 10.2 Å². The van der Waals surface area contributed by atoms with Gasteiger partial charge in [-0.1, -0.05) is 58.3 Å². The first-order valence-corrected chi connectivity index (χ1v) is 9.05. The van der Waals surface area contributed by atoms with Crippen LogP contribution in [0.4, 0.5) is 0 Å². The monoisotopic (exact) mass is 298 g/mol. The SMILES string of the molecule is CCCCCC[C@H]1CCC(O)[C@@H]1CCCCCCC(=O)O. The Morgan fingerprint density at radius 3 is 2.33 bits per heavy atom. The van der Waals surface area contributed by atoms with E-state index in [1.54, 1.807) is 0 Å². The van der Waals surface area contributed by atoms with Crippen LogP contribution in [-0.2, 0) is 4.79 Å². The van der Waals surface area contributed by atoms with Gasteiger partial charge in [-0.3, -0.25) is 4.79 Å². The number of aliphatic carboxylic acids is 1. The molecule has 0 heterocycles. The van der Waals surface area contributed by atoms with Gasteiger partial charge in [0.2, 0.25) is 0 Å². The van der Waals surface area contributed by atoms with Crippen molar-refractivity contribution in [2.45, 2.75) is 96.5 Å². The number of aliphatic hydroxyl groups is 1. The maximum absolute atomic E-state index is 10.4. The molecule has 0 aromatic rings. The van der Waals surface area contributed by atoms with Crippen molar-refractivity contribution in [3.63, 3.8) is 0 Å². The predicted molar refractivity (Wildman–Crippen MR) is 86.3 cm³/mol.